The van der Waals surface area contributed by atoms with E-state index in [9.17, 15) is 4.79 Å². The molecule has 0 aliphatic carbocycles. The highest BCUT2D eigenvalue weighted by Crippen LogP contribution is 2.31. The predicted molar refractivity (Wildman–Crippen MR) is 116 cm³/mol. The van der Waals surface area contributed by atoms with Crippen molar-refractivity contribution in [2.24, 2.45) is 0 Å². The molecule has 2 heterocycles. The first kappa shape index (κ1) is 21.0. The molecule has 1 saturated heterocycles. The van der Waals surface area contributed by atoms with Gasteiger partial charge in [-0.1, -0.05) is 36.4 Å². The summed E-state index contributed by atoms with van der Waals surface area (Å²) in [4.78, 5) is 14.9. The fraction of sp³-hybridized carbons (Fsp3) is 0.550. The van der Waals surface area contributed by atoms with Crippen LogP contribution in [0.4, 0.5) is 5.95 Å². The molecule has 28 heavy (non-hydrogen) atoms. The first-order valence-corrected chi connectivity index (χ1v) is 11.0. The van der Waals surface area contributed by atoms with Crippen LogP contribution in [0.3, 0.4) is 0 Å². The van der Waals surface area contributed by atoms with Crippen molar-refractivity contribution in [3.8, 4) is 5.69 Å². The Labute approximate surface area is 176 Å². The number of anilines is 1. The van der Waals surface area contributed by atoms with Gasteiger partial charge in [0, 0.05) is 23.7 Å². The van der Waals surface area contributed by atoms with E-state index in [0.29, 0.717) is 10.2 Å². The van der Waals surface area contributed by atoms with E-state index < -0.39 is 0 Å². The van der Waals surface area contributed by atoms with Crippen LogP contribution in [-0.2, 0) is 4.79 Å². The van der Waals surface area contributed by atoms with Crippen LogP contribution in [0.5, 0.6) is 0 Å². The molecule has 6 nitrogen and oxygen atoms in total. The van der Waals surface area contributed by atoms with Gasteiger partial charge in [0.15, 0.2) is 5.16 Å². The lowest BCUT2D eigenvalue weighted by Crippen LogP contribution is -2.46. The summed E-state index contributed by atoms with van der Waals surface area (Å²) in [5, 5.41) is 13.0. The number of aromatic nitrogens is 3. The van der Waals surface area contributed by atoms with E-state index >= 15 is 0 Å². The zero-order chi connectivity index (χ0) is 20.3. The lowest BCUT2D eigenvalue weighted by Gasteiger charge is -2.26. The van der Waals surface area contributed by atoms with Crippen molar-refractivity contribution in [2.75, 3.05) is 18.0 Å². The molecule has 0 bridgehead atoms. The molecule has 1 aromatic carbocycles. The van der Waals surface area contributed by atoms with Gasteiger partial charge in [-0.3, -0.25) is 9.36 Å². The number of amides is 1. The summed E-state index contributed by atoms with van der Waals surface area (Å²) < 4.78 is 2.01. The minimum absolute atomic E-state index is 0.000201. The Hall–Kier alpha value is -1.73. The SMILES string of the molecule is CCC(C)(C)NC(=O)C(C)Sc1nnc(N2CCCC2)n1-c1cccc(Cl)c1. The number of nitrogens with zero attached hydrogens (tertiary/aromatic N) is 4. The number of carbonyl (C=O) groups is 1. The van der Waals surface area contributed by atoms with Crippen molar-refractivity contribution in [3.63, 3.8) is 0 Å². The summed E-state index contributed by atoms with van der Waals surface area (Å²) in [5.74, 6) is 0.809. The van der Waals surface area contributed by atoms with Gasteiger partial charge in [-0.05, 0) is 58.2 Å². The summed E-state index contributed by atoms with van der Waals surface area (Å²) in [6.45, 7) is 9.95. The van der Waals surface area contributed by atoms with Gasteiger partial charge in [-0.15, -0.1) is 10.2 Å². The number of hydrogen-bond donors (Lipinski definition) is 1. The summed E-state index contributed by atoms with van der Waals surface area (Å²) in [7, 11) is 0. The highest BCUT2D eigenvalue weighted by atomic mass is 35.5. The molecule has 1 N–H and O–H groups in total. The fourth-order valence-corrected chi connectivity index (χ4v) is 4.08. The van der Waals surface area contributed by atoms with Crippen molar-refractivity contribution in [1.82, 2.24) is 20.1 Å². The Morgan fingerprint density at radius 2 is 2.04 bits per heavy atom. The van der Waals surface area contributed by atoms with E-state index in [1.807, 2.05) is 49.6 Å². The van der Waals surface area contributed by atoms with E-state index in [2.05, 4.69) is 27.3 Å². The van der Waals surface area contributed by atoms with Crippen molar-refractivity contribution in [2.45, 2.75) is 62.9 Å². The third kappa shape index (κ3) is 4.81. The second-order valence-corrected chi connectivity index (χ2v) is 9.52. The lowest BCUT2D eigenvalue weighted by atomic mass is 10.0. The van der Waals surface area contributed by atoms with Crippen molar-refractivity contribution in [3.05, 3.63) is 29.3 Å². The summed E-state index contributed by atoms with van der Waals surface area (Å²) in [5.41, 5.74) is 0.677. The number of nitrogens with one attached hydrogen (secondary N) is 1. The molecule has 3 rings (SSSR count). The monoisotopic (exact) mass is 421 g/mol. The maximum absolute atomic E-state index is 12.7. The number of thioether (sulfide) groups is 1. The number of hydrogen-bond acceptors (Lipinski definition) is 5. The van der Waals surface area contributed by atoms with E-state index in [4.69, 9.17) is 11.6 Å². The molecule has 1 aromatic heterocycles. The Morgan fingerprint density at radius 1 is 1.32 bits per heavy atom. The number of carbonyl (C=O) groups excluding carboxylic acids is 1. The highest BCUT2D eigenvalue weighted by molar-refractivity contribution is 8.00. The van der Waals surface area contributed by atoms with Crippen LogP contribution < -0.4 is 10.2 Å². The minimum Gasteiger partial charge on any atom is -0.350 e. The molecule has 1 atom stereocenters. The van der Waals surface area contributed by atoms with Gasteiger partial charge >= 0.3 is 0 Å². The maximum atomic E-state index is 12.7. The van der Waals surface area contributed by atoms with Crippen LogP contribution in [0.1, 0.15) is 47.0 Å². The van der Waals surface area contributed by atoms with Gasteiger partial charge in [0.25, 0.3) is 0 Å². The van der Waals surface area contributed by atoms with Crippen molar-refractivity contribution in [1.29, 1.82) is 0 Å². The average molecular weight is 422 g/mol. The van der Waals surface area contributed by atoms with Gasteiger partial charge < -0.3 is 10.2 Å². The fourth-order valence-electron chi connectivity index (χ4n) is 3.04. The predicted octanol–water partition coefficient (Wildman–Crippen LogP) is 4.31. The van der Waals surface area contributed by atoms with Crippen molar-refractivity contribution >= 4 is 35.2 Å². The van der Waals surface area contributed by atoms with Crippen LogP contribution >= 0.6 is 23.4 Å². The molecule has 1 amide bonds. The zero-order valence-electron chi connectivity index (χ0n) is 16.9. The van der Waals surface area contributed by atoms with E-state index in [-0.39, 0.29) is 16.7 Å². The molecule has 152 valence electrons. The first-order valence-electron chi connectivity index (χ1n) is 9.76. The molecule has 1 unspecified atom stereocenters. The smallest absolute Gasteiger partial charge is 0.233 e. The Morgan fingerprint density at radius 3 is 2.68 bits per heavy atom. The van der Waals surface area contributed by atoms with Gasteiger partial charge in [0.2, 0.25) is 11.9 Å². The molecule has 1 aliphatic rings. The number of rotatable bonds is 7. The standard InChI is InChI=1S/C20H28ClN5OS/c1-5-20(3,4)22-17(27)14(2)28-19-24-23-18(25-11-6-7-12-25)26(19)16-10-8-9-15(21)13-16/h8-10,13-14H,5-7,11-12H2,1-4H3,(H,22,27). The van der Waals surface area contributed by atoms with E-state index in [1.165, 1.54) is 11.8 Å². The third-order valence-corrected chi connectivity index (χ3v) is 6.35. The second kappa shape index (κ2) is 8.74. The normalized spacial score (nSPS) is 15.7. The molecule has 1 aliphatic heterocycles. The largest absolute Gasteiger partial charge is 0.350 e. The summed E-state index contributed by atoms with van der Waals surface area (Å²) in [6.07, 6.45) is 3.17. The van der Waals surface area contributed by atoms with Gasteiger partial charge in [-0.25, -0.2) is 0 Å². The lowest BCUT2D eigenvalue weighted by molar-refractivity contribution is -0.121. The Bertz CT molecular complexity index is 832. The molecule has 1 fully saturated rings. The topological polar surface area (TPSA) is 63.1 Å². The quantitative estimate of drug-likeness (QED) is 0.675. The first-order chi connectivity index (χ1) is 13.3. The van der Waals surface area contributed by atoms with Crippen LogP contribution in [-0.4, -0.2) is 44.6 Å². The Balaban J connectivity index is 1.89. The Kier molecular flexibility index (Phi) is 6.55. The van der Waals surface area contributed by atoms with Crippen LogP contribution in [0.15, 0.2) is 29.4 Å². The van der Waals surface area contributed by atoms with Gasteiger partial charge in [0.1, 0.15) is 0 Å². The molecule has 8 heteroatoms. The third-order valence-electron chi connectivity index (χ3n) is 5.07. The van der Waals surface area contributed by atoms with Gasteiger partial charge in [-0.2, -0.15) is 0 Å². The molecule has 2 aromatic rings. The van der Waals surface area contributed by atoms with E-state index in [0.717, 1.165) is 44.0 Å². The maximum Gasteiger partial charge on any atom is 0.233 e. The minimum atomic E-state index is -0.292. The van der Waals surface area contributed by atoms with Crippen LogP contribution in [0.25, 0.3) is 5.69 Å². The summed E-state index contributed by atoms with van der Waals surface area (Å²) in [6, 6.07) is 7.66. The zero-order valence-corrected chi connectivity index (χ0v) is 18.5. The number of halogens is 1. The van der Waals surface area contributed by atoms with Crippen molar-refractivity contribution < 1.29 is 4.79 Å². The summed E-state index contributed by atoms with van der Waals surface area (Å²) >= 11 is 7.65. The second-order valence-electron chi connectivity index (χ2n) is 7.78. The van der Waals surface area contributed by atoms with E-state index in [1.54, 1.807) is 0 Å². The molecular weight excluding hydrogens is 394 g/mol. The molecule has 0 spiro atoms. The number of benzene rings is 1. The van der Waals surface area contributed by atoms with Gasteiger partial charge in [0.05, 0.1) is 10.9 Å². The van der Waals surface area contributed by atoms with Crippen LogP contribution in [0.2, 0.25) is 5.02 Å². The highest BCUT2D eigenvalue weighted by Gasteiger charge is 2.27. The molecule has 0 radical (unpaired) electrons. The van der Waals surface area contributed by atoms with Crippen LogP contribution in [0, 0.1) is 0 Å². The molecular formula is C20H28ClN5OS. The average Bonchev–Trinajstić information content (AvgIpc) is 3.30. The molecule has 0 saturated carbocycles.